The SMILES string of the molecule is Cc1nc(C#N)c(-n2c(C)ccc2C)s1. The van der Waals surface area contributed by atoms with E-state index < -0.39 is 0 Å². The molecule has 0 radical (unpaired) electrons. The highest BCUT2D eigenvalue weighted by molar-refractivity contribution is 7.14. The summed E-state index contributed by atoms with van der Waals surface area (Å²) in [5.74, 6) is 0. The van der Waals surface area contributed by atoms with Gasteiger partial charge in [0.05, 0.1) is 5.01 Å². The Morgan fingerprint density at radius 1 is 1.27 bits per heavy atom. The van der Waals surface area contributed by atoms with Crippen LogP contribution in [-0.2, 0) is 0 Å². The molecule has 0 unspecified atom stereocenters. The van der Waals surface area contributed by atoms with Crippen molar-refractivity contribution in [1.29, 1.82) is 5.26 Å². The lowest BCUT2D eigenvalue weighted by molar-refractivity contribution is 0.975. The van der Waals surface area contributed by atoms with Crippen molar-refractivity contribution >= 4 is 11.3 Å². The van der Waals surface area contributed by atoms with Crippen LogP contribution in [0.25, 0.3) is 5.00 Å². The van der Waals surface area contributed by atoms with E-state index in [0.29, 0.717) is 5.69 Å². The zero-order valence-corrected chi connectivity index (χ0v) is 9.72. The highest BCUT2D eigenvalue weighted by atomic mass is 32.1. The Labute approximate surface area is 92.6 Å². The van der Waals surface area contributed by atoms with Gasteiger partial charge in [0, 0.05) is 11.4 Å². The predicted octanol–water partition coefficient (Wildman–Crippen LogP) is 2.73. The molecular formula is C11H11N3S. The summed E-state index contributed by atoms with van der Waals surface area (Å²) in [6.45, 7) is 5.98. The number of hydrogen-bond acceptors (Lipinski definition) is 3. The summed E-state index contributed by atoms with van der Waals surface area (Å²) in [6, 6.07) is 6.23. The number of rotatable bonds is 1. The maximum atomic E-state index is 8.99. The van der Waals surface area contributed by atoms with Gasteiger partial charge in [0.15, 0.2) is 5.69 Å². The Kier molecular flexibility index (Phi) is 2.33. The van der Waals surface area contributed by atoms with E-state index in [1.54, 1.807) is 11.3 Å². The topological polar surface area (TPSA) is 41.6 Å². The summed E-state index contributed by atoms with van der Waals surface area (Å²) in [4.78, 5) is 4.20. The minimum Gasteiger partial charge on any atom is -0.308 e. The molecule has 0 aliphatic heterocycles. The van der Waals surface area contributed by atoms with Gasteiger partial charge < -0.3 is 4.57 Å². The van der Waals surface area contributed by atoms with Crippen LogP contribution in [0.5, 0.6) is 0 Å². The minimum absolute atomic E-state index is 0.514. The number of thiazole rings is 1. The van der Waals surface area contributed by atoms with Crippen molar-refractivity contribution in [3.63, 3.8) is 0 Å². The van der Waals surface area contributed by atoms with Crippen LogP contribution in [-0.4, -0.2) is 9.55 Å². The van der Waals surface area contributed by atoms with E-state index >= 15 is 0 Å². The number of hydrogen-bond donors (Lipinski definition) is 0. The molecule has 0 amide bonds. The van der Waals surface area contributed by atoms with Gasteiger partial charge in [-0.2, -0.15) is 5.26 Å². The van der Waals surface area contributed by atoms with E-state index in [9.17, 15) is 0 Å². The Hall–Kier alpha value is -1.60. The molecule has 0 N–H and O–H groups in total. The molecule has 0 saturated heterocycles. The average Bonchev–Trinajstić information content (AvgIpc) is 2.70. The Morgan fingerprint density at radius 3 is 2.40 bits per heavy atom. The lowest BCUT2D eigenvalue weighted by atomic mass is 10.4. The molecule has 0 spiro atoms. The van der Waals surface area contributed by atoms with E-state index in [4.69, 9.17) is 5.26 Å². The smallest absolute Gasteiger partial charge is 0.176 e. The van der Waals surface area contributed by atoms with Gasteiger partial charge in [0.25, 0.3) is 0 Å². The monoisotopic (exact) mass is 217 g/mol. The zero-order valence-electron chi connectivity index (χ0n) is 8.90. The van der Waals surface area contributed by atoms with Gasteiger partial charge in [-0.25, -0.2) is 4.98 Å². The summed E-state index contributed by atoms with van der Waals surface area (Å²) in [5.41, 5.74) is 2.78. The number of nitriles is 1. The third-order valence-electron chi connectivity index (χ3n) is 2.30. The molecule has 3 nitrogen and oxygen atoms in total. The average molecular weight is 217 g/mol. The fraction of sp³-hybridized carbons (Fsp3) is 0.273. The lowest BCUT2D eigenvalue weighted by Crippen LogP contribution is -1.98. The van der Waals surface area contributed by atoms with Crippen LogP contribution in [0, 0.1) is 32.1 Å². The molecule has 2 aromatic rings. The first kappa shape index (κ1) is 9.94. The highest BCUT2D eigenvalue weighted by Crippen LogP contribution is 2.25. The molecule has 15 heavy (non-hydrogen) atoms. The van der Waals surface area contributed by atoms with Gasteiger partial charge in [0.1, 0.15) is 11.1 Å². The van der Waals surface area contributed by atoms with E-state index in [0.717, 1.165) is 21.4 Å². The summed E-state index contributed by atoms with van der Waals surface area (Å²) >= 11 is 1.55. The first-order valence-electron chi connectivity index (χ1n) is 4.66. The van der Waals surface area contributed by atoms with Crippen molar-refractivity contribution in [2.45, 2.75) is 20.8 Å². The maximum Gasteiger partial charge on any atom is 0.176 e. The van der Waals surface area contributed by atoms with Gasteiger partial charge in [0.2, 0.25) is 0 Å². The van der Waals surface area contributed by atoms with E-state index in [1.807, 2.05) is 32.9 Å². The van der Waals surface area contributed by atoms with E-state index in [2.05, 4.69) is 15.6 Å². The number of nitrogens with zero attached hydrogens (tertiary/aromatic N) is 3. The molecule has 2 aromatic heterocycles. The van der Waals surface area contributed by atoms with Crippen molar-refractivity contribution < 1.29 is 0 Å². The summed E-state index contributed by atoms with van der Waals surface area (Å²) < 4.78 is 2.07. The normalized spacial score (nSPS) is 10.3. The zero-order chi connectivity index (χ0) is 11.0. The van der Waals surface area contributed by atoms with E-state index in [1.165, 1.54) is 0 Å². The van der Waals surface area contributed by atoms with Gasteiger partial charge >= 0.3 is 0 Å². The highest BCUT2D eigenvalue weighted by Gasteiger charge is 2.13. The third kappa shape index (κ3) is 1.55. The van der Waals surface area contributed by atoms with Crippen molar-refractivity contribution in [3.8, 4) is 11.1 Å². The Balaban J connectivity index is 2.69. The molecule has 0 atom stereocenters. The molecule has 2 heterocycles. The van der Waals surface area contributed by atoms with Gasteiger partial charge in [-0.3, -0.25) is 0 Å². The maximum absolute atomic E-state index is 8.99. The van der Waals surface area contributed by atoms with Crippen LogP contribution < -0.4 is 0 Å². The fourth-order valence-corrected chi connectivity index (χ4v) is 2.61. The molecular weight excluding hydrogens is 206 g/mol. The minimum atomic E-state index is 0.514. The molecule has 0 aliphatic carbocycles. The second-order valence-corrected chi connectivity index (χ2v) is 4.63. The molecule has 0 aliphatic rings. The first-order chi connectivity index (χ1) is 7.13. The van der Waals surface area contributed by atoms with Gasteiger partial charge in [-0.05, 0) is 32.9 Å². The molecule has 0 bridgehead atoms. The second kappa shape index (κ2) is 3.52. The van der Waals surface area contributed by atoms with Crippen LogP contribution in [0.1, 0.15) is 22.1 Å². The van der Waals surface area contributed by atoms with E-state index in [-0.39, 0.29) is 0 Å². The summed E-state index contributed by atoms with van der Waals surface area (Å²) in [7, 11) is 0. The molecule has 2 rings (SSSR count). The van der Waals surface area contributed by atoms with Crippen molar-refractivity contribution in [1.82, 2.24) is 9.55 Å². The molecule has 76 valence electrons. The molecule has 0 saturated carbocycles. The first-order valence-corrected chi connectivity index (χ1v) is 5.48. The van der Waals surface area contributed by atoms with Crippen LogP contribution in [0.2, 0.25) is 0 Å². The number of aromatic nitrogens is 2. The number of aryl methyl sites for hydroxylation is 3. The molecule has 0 aromatic carbocycles. The lowest BCUT2D eigenvalue weighted by Gasteiger charge is -2.05. The molecule has 4 heteroatoms. The van der Waals surface area contributed by atoms with Crippen molar-refractivity contribution in [3.05, 3.63) is 34.2 Å². The summed E-state index contributed by atoms with van der Waals surface area (Å²) in [6.07, 6.45) is 0. The van der Waals surface area contributed by atoms with Crippen molar-refractivity contribution in [2.24, 2.45) is 0 Å². The third-order valence-corrected chi connectivity index (χ3v) is 3.25. The van der Waals surface area contributed by atoms with Crippen LogP contribution in [0.15, 0.2) is 12.1 Å². The second-order valence-electron chi connectivity index (χ2n) is 3.45. The molecule has 0 fully saturated rings. The van der Waals surface area contributed by atoms with Crippen LogP contribution in [0.3, 0.4) is 0 Å². The van der Waals surface area contributed by atoms with Gasteiger partial charge in [-0.15, -0.1) is 0 Å². The fourth-order valence-electron chi connectivity index (χ4n) is 1.63. The Bertz CT molecular complexity index is 523. The standard InChI is InChI=1S/C11H11N3S/c1-7-4-5-8(2)14(7)11-10(6-12)13-9(3)15-11/h4-5H,1-3H3. The van der Waals surface area contributed by atoms with Gasteiger partial charge in [-0.1, -0.05) is 11.3 Å². The summed E-state index contributed by atoms with van der Waals surface area (Å²) in [5, 5.41) is 10.8. The quantitative estimate of drug-likeness (QED) is 0.737. The predicted molar refractivity (Wildman–Crippen MR) is 60.4 cm³/mol. The van der Waals surface area contributed by atoms with Crippen molar-refractivity contribution in [2.75, 3.05) is 0 Å². The van der Waals surface area contributed by atoms with Crippen LogP contribution in [0.4, 0.5) is 0 Å². The Morgan fingerprint density at radius 2 is 1.87 bits per heavy atom. The largest absolute Gasteiger partial charge is 0.308 e. The van der Waals surface area contributed by atoms with Crippen LogP contribution >= 0.6 is 11.3 Å².